The van der Waals surface area contributed by atoms with Crippen LogP contribution in [0.2, 0.25) is 0 Å². The largest absolute Gasteiger partial charge is 0.374 e. The Bertz CT molecular complexity index is 212. The minimum Gasteiger partial charge on any atom is -0.374 e. The highest BCUT2D eigenvalue weighted by molar-refractivity contribution is 6.20. The van der Waals surface area contributed by atoms with Crippen LogP contribution in [-0.2, 0) is 4.74 Å². The van der Waals surface area contributed by atoms with Crippen molar-refractivity contribution in [2.24, 2.45) is 5.92 Å². The molecule has 0 saturated carbocycles. The molecule has 1 N–H and O–H groups in total. The lowest BCUT2D eigenvalue weighted by Gasteiger charge is -2.35. The average molecular weight is 263 g/mol. The van der Waals surface area contributed by atoms with Gasteiger partial charge in [-0.25, -0.2) is 0 Å². The Hall–Kier alpha value is 0.170. The first kappa shape index (κ1) is 15.2. The van der Waals surface area contributed by atoms with Gasteiger partial charge in [-0.05, 0) is 19.8 Å². The van der Waals surface area contributed by atoms with Crippen molar-refractivity contribution in [3.63, 3.8) is 0 Å². The summed E-state index contributed by atoms with van der Waals surface area (Å²) in [5, 5.41) is 3.62. The van der Waals surface area contributed by atoms with Crippen molar-refractivity contribution in [2.75, 3.05) is 32.8 Å². The van der Waals surface area contributed by atoms with Crippen LogP contribution in [-0.4, -0.2) is 55.2 Å². The minimum atomic E-state index is 0.208. The molecule has 1 rings (SSSR count). The van der Waals surface area contributed by atoms with Crippen molar-refractivity contribution in [1.82, 2.24) is 10.2 Å². The molecule has 0 aromatic heterocycles. The van der Waals surface area contributed by atoms with Crippen LogP contribution in [0.4, 0.5) is 0 Å². The molecule has 0 aromatic rings. The summed E-state index contributed by atoms with van der Waals surface area (Å²) in [5.41, 5.74) is 0. The lowest BCUT2D eigenvalue weighted by Crippen LogP contribution is -2.49. The molecule has 0 bridgehead atoms. The molecule has 1 saturated heterocycles. The van der Waals surface area contributed by atoms with E-state index in [-0.39, 0.29) is 5.38 Å². The van der Waals surface area contributed by atoms with E-state index in [0.29, 0.717) is 18.1 Å². The van der Waals surface area contributed by atoms with E-state index < -0.39 is 0 Å². The number of rotatable bonds is 6. The van der Waals surface area contributed by atoms with Crippen molar-refractivity contribution in [3.05, 3.63) is 0 Å². The molecule has 0 aliphatic carbocycles. The molecule has 102 valence electrons. The highest BCUT2D eigenvalue weighted by Gasteiger charge is 2.22. The van der Waals surface area contributed by atoms with Gasteiger partial charge >= 0.3 is 0 Å². The summed E-state index contributed by atoms with van der Waals surface area (Å²) in [7, 11) is 0. The monoisotopic (exact) mass is 262 g/mol. The predicted molar refractivity (Wildman–Crippen MR) is 73.8 cm³/mol. The molecule has 1 aliphatic heterocycles. The molecule has 1 fully saturated rings. The Morgan fingerprint density at radius 1 is 1.35 bits per heavy atom. The molecule has 4 heteroatoms. The highest BCUT2D eigenvalue weighted by Crippen LogP contribution is 2.10. The molecule has 0 aromatic carbocycles. The van der Waals surface area contributed by atoms with Gasteiger partial charge in [-0.2, -0.15) is 0 Å². The fourth-order valence-corrected chi connectivity index (χ4v) is 2.06. The van der Waals surface area contributed by atoms with Gasteiger partial charge in [-0.1, -0.05) is 13.8 Å². The van der Waals surface area contributed by atoms with Gasteiger partial charge in [0, 0.05) is 37.6 Å². The van der Waals surface area contributed by atoms with Gasteiger partial charge < -0.3 is 10.1 Å². The van der Waals surface area contributed by atoms with E-state index in [1.165, 1.54) is 0 Å². The number of morpholine rings is 1. The molecular weight excluding hydrogens is 236 g/mol. The second-order valence-corrected chi connectivity index (χ2v) is 6.06. The van der Waals surface area contributed by atoms with Crippen molar-refractivity contribution < 1.29 is 4.74 Å². The van der Waals surface area contributed by atoms with Crippen molar-refractivity contribution >= 4 is 11.6 Å². The van der Waals surface area contributed by atoms with E-state index >= 15 is 0 Å². The summed E-state index contributed by atoms with van der Waals surface area (Å²) in [6, 6.07) is 0.609. The molecule has 3 nitrogen and oxygen atoms in total. The van der Waals surface area contributed by atoms with Crippen molar-refractivity contribution in [2.45, 2.75) is 45.2 Å². The van der Waals surface area contributed by atoms with E-state index in [2.05, 4.69) is 37.9 Å². The lowest BCUT2D eigenvalue weighted by molar-refractivity contribution is -0.0371. The number of ether oxygens (including phenoxy) is 1. The van der Waals surface area contributed by atoms with Gasteiger partial charge in [0.1, 0.15) is 0 Å². The number of nitrogens with one attached hydrogen (secondary N) is 1. The van der Waals surface area contributed by atoms with Crippen LogP contribution in [0.5, 0.6) is 0 Å². The number of alkyl halides is 1. The standard InChI is InChI=1S/C13H27ClN2O/c1-10(2)13(14)8-15-7-12-9-16(11(3)4)5-6-17-12/h10-13,15H,5-9H2,1-4H3. The molecule has 0 spiro atoms. The van der Waals surface area contributed by atoms with Gasteiger partial charge in [0.15, 0.2) is 0 Å². The van der Waals surface area contributed by atoms with Gasteiger partial charge in [0.2, 0.25) is 0 Å². The summed E-state index contributed by atoms with van der Waals surface area (Å²) in [4.78, 5) is 2.47. The van der Waals surface area contributed by atoms with Crippen LogP contribution >= 0.6 is 11.6 Å². The van der Waals surface area contributed by atoms with E-state index in [1.807, 2.05) is 0 Å². The van der Waals surface area contributed by atoms with Gasteiger partial charge in [0.05, 0.1) is 12.7 Å². The zero-order valence-corrected chi connectivity index (χ0v) is 12.3. The fourth-order valence-electron chi connectivity index (χ4n) is 1.95. The Morgan fingerprint density at radius 3 is 2.65 bits per heavy atom. The Labute approximate surface area is 111 Å². The van der Waals surface area contributed by atoms with Gasteiger partial charge in [-0.15, -0.1) is 11.6 Å². The van der Waals surface area contributed by atoms with Crippen LogP contribution in [0.15, 0.2) is 0 Å². The van der Waals surface area contributed by atoms with Crippen LogP contribution in [0.1, 0.15) is 27.7 Å². The SMILES string of the molecule is CC(C)C(Cl)CNCC1CN(C(C)C)CCO1. The predicted octanol–water partition coefficient (Wildman–Crippen LogP) is 1.95. The fraction of sp³-hybridized carbons (Fsp3) is 1.00. The van der Waals surface area contributed by atoms with Gasteiger partial charge in [-0.3, -0.25) is 4.90 Å². The van der Waals surface area contributed by atoms with E-state index in [1.54, 1.807) is 0 Å². The first-order chi connectivity index (χ1) is 8.00. The second-order valence-electron chi connectivity index (χ2n) is 5.50. The maximum absolute atomic E-state index is 6.20. The molecule has 1 heterocycles. The summed E-state index contributed by atoms with van der Waals surface area (Å²) >= 11 is 6.20. The second kappa shape index (κ2) is 7.57. The Kier molecular flexibility index (Phi) is 6.78. The molecule has 2 unspecified atom stereocenters. The molecule has 2 atom stereocenters. The van der Waals surface area contributed by atoms with E-state index in [9.17, 15) is 0 Å². The average Bonchev–Trinajstić information content (AvgIpc) is 2.29. The molecular formula is C13H27ClN2O. The zero-order chi connectivity index (χ0) is 12.8. The first-order valence-corrected chi connectivity index (χ1v) is 7.14. The quantitative estimate of drug-likeness (QED) is 0.741. The van der Waals surface area contributed by atoms with Crippen LogP contribution in [0.25, 0.3) is 0 Å². The van der Waals surface area contributed by atoms with Crippen molar-refractivity contribution in [3.8, 4) is 0 Å². The van der Waals surface area contributed by atoms with Crippen LogP contribution in [0.3, 0.4) is 0 Å². The number of nitrogens with zero attached hydrogens (tertiary/aromatic N) is 1. The maximum Gasteiger partial charge on any atom is 0.0826 e. The molecule has 17 heavy (non-hydrogen) atoms. The summed E-state index contributed by atoms with van der Waals surface area (Å²) in [6.45, 7) is 13.5. The zero-order valence-electron chi connectivity index (χ0n) is 11.6. The Morgan fingerprint density at radius 2 is 2.06 bits per heavy atom. The first-order valence-electron chi connectivity index (χ1n) is 6.71. The smallest absolute Gasteiger partial charge is 0.0826 e. The number of hydrogen-bond donors (Lipinski definition) is 1. The van der Waals surface area contributed by atoms with E-state index in [4.69, 9.17) is 16.3 Å². The third-order valence-electron chi connectivity index (χ3n) is 3.34. The third-order valence-corrected chi connectivity index (χ3v) is 3.99. The maximum atomic E-state index is 6.20. The third kappa shape index (κ3) is 5.56. The number of halogens is 1. The van der Waals surface area contributed by atoms with E-state index in [0.717, 1.165) is 32.8 Å². The lowest BCUT2D eigenvalue weighted by atomic mass is 10.1. The van der Waals surface area contributed by atoms with Crippen LogP contribution < -0.4 is 5.32 Å². The normalized spacial score (nSPS) is 24.5. The Balaban J connectivity index is 2.18. The van der Waals surface area contributed by atoms with Crippen molar-refractivity contribution in [1.29, 1.82) is 0 Å². The minimum absolute atomic E-state index is 0.208. The van der Waals surface area contributed by atoms with Crippen LogP contribution in [0, 0.1) is 5.92 Å². The summed E-state index contributed by atoms with van der Waals surface area (Å²) in [6.07, 6.45) is 0.308. The topological polar surface area (TPSA) is 24.5 Å². The molecule has 0 radical (unpaired) electrons. The molecule has 0 amide bonds. The number of hydrogen-bond acceptors (Lipinski definition) is 3. The highest BCUT2D eigenvalue weighted by atomic mass is 35.5. The summed E-state index contributed by atoms with van der Waals surface area (Å²) < 4.78 is 5.75. The summed E-state index contributed by atoms with van der Waals surface area (Å²) in [5.74, 6) is 0.517. The molecule has 1 aliphatic rings. The van der Waals surface area contributed by atoms with Gasteiger partial charge in [0.25, 0.3) is 0 Å².